The summed E-state index contributed by atoms with van der Waals surface area (Å²) in [5.41, 5.74) is 1.88. The molecule has 0 amide bonds. The summed E-state index contributed by atoms with van der Waals surface area (Å²) in [6.45, 7) is 5.96. The van der Waals surface area contributed by atoms with Crippen molar-refractivity contribution in [3.63, 3.8) is 0 Å². The molecule has 0 bridgehead atoms. The molecule has 7 heteroatoms. The number of aryl methyl sites for hydroxylation is 1. The first-order chi connectivity index (χ1) is 11.0. The fourth-order valence-corrected chi connectivity index (χ4v) is 2.74. The zero-order chi connectivity index (χ0) is 16.8. The van der Waals surface area contributed by atoms with E-state index in [9.17, 15) is 9.59 Å². The smallest absolute Gasteiger partial charge is 0.350 e. The number of nitrogens with one attached hydrogen (secondary N) is 1. The maximum absolute atomic E-state index is 11.8. The normalized spacial score (nSPS) is 10.2. The molecule has 0 atom stereocenters. The van der Waals surface area contributed by atoms with Gasteiger partial charge in [0.2, 0.25) is 0 Å². The number of anilines is 2. The summed E-state index contributed by atoms with van der Waals surface area (Å²) < 4.78 is 9.92. The van der Waals surface area contributed by atoms with Crippen LogP contribution in [0.1, 0.15) is 39.6 Å². The Morgan fingerprint density at radius 1 is 1.09 bits per heavy atom. The van der Waals surface area contributed by atoms with Crippen LogP contribution in [0.5, 0.6) is 0 Å². The van der Waals surface area contributed by atoms with Crippen LogP contribution in [0.4, 0.5) is 10.8 Å². The van der Waals surface area contributed by atoms with Crippen molar-refractivity contribution in [2.45, 2.75) is 20.8 Å². The van der Waals surface area contributed by atoms with E-state index in [1.54, 1.807) is 45.0 Å². The maximum Gasteiger partial charge on any atom is 0.350 e. The molecule has 2 aromatic rings. The van der Waals surface area contributed by atoms with Gasteiger partial charge in [-0.25, -0.2) is 14.6 Å². The largest absolute Gasteiger partial charge is 0.462 e. The average Bonchev–Trinajstić information content (AvgIpc) is 2.89. The molecule has 1 aromatic carbocycles. The lowest BCUT2D eigenvalue weighted by molar-refractivity contribution is 0.0518. The van der Waals surface area contributed by atoms with Crippen molar-refractivity contribution in [1.29, 1.82) is 0 Å². The number of carbonyl (C=O) groups excluding carboxylic acids is 2. The lowest BCUT2D eigenvalue weighted by Gasteiger charge is -2.04. The third kappa shape index (κ3) is 4.29. The molecule has 122 valence electrons. The Labute approximate surface area is 138 Å². The lowest BCUT2D eigenvalue weighted by Crippen LogP contribution is -2.04. The number of carbonyl (C=O) groups is 2. The zero-order valence-corrected chi connectivity index (χ0v) is 14.0. The summed E-state index contributed by atoms with van der Waals surface area (Å²) in [6.07, 6.45) is 0. The summed E-state index contributed by atoms with van der Waals surface area (Å²) in [4.78, 5) is 28.2. The fraction of sp³-hybridized carbons (Fsp3) is 0.312. The molecule has 0 saturated heterocycles. The highest BCUT2D eigenvalue weighted by Gasteiger charge is 2.16. The first kappa shape index (κ1) is 17.0. The minimum absolute atomic E-state index is 0.328. The number of aromatic nitrogens is 1. The highest BCUT2D eigenvalue weighted by molar-refractivity contribution is 7.17. The van der Waals surface area contributed by atoms with Gasteiger partial charge in [0, 0.05) is 5.69 Å². The lowest BCUT2D eigenvalue weighted by atomic mass is 10.2. The Morgan fingerprint density at radius 3 is 2.30 bits per heavy atom. The quantitative estimate of drug-likeness (QED) is 0.814. The summed E-state index contributed by atoms with van der Waals surface area (Å²) >= 11 is 1.23. The van der Waals surface area contributed by atoms with E-state index in [1.807, 2.05) is 0 Å². The second-order valence-electron chi connectivity index (χ2n) is 4.58. The van der Waals surface area contributed by atoms with Crippen LogP contribution in [-0.2, 0) is 9.47 Å². The molecule has 0 radical (unpaired) electrons. The minimum Gasteiger partial charge on any atom is -0.462 e. The van der Waals surface area contributed by atoms with Crippen LogP contribution in [0, 0.1) is 6.92 Å². The summed E-state index contributed by atoms with van der Waals surface area (Å²) in [5, 5.41) is 3.70. The Bertz CT molecular complexity index is 695. The number of hydrogen-bond acceptors (Lipinski definition) is 7. The van der Waals surface area contributed by atoms with Gasteiger partial charge in [-0.15, -0.1) is 0 Å². The van der Waals surface area contributed by atoms with E-state index < -0.39 is 0 Å². The number of thiazole rings is 1. The van der Waals surface area contributed by atoms with E-state index in [0.717, 1.165) is 5.69 Å². The first-order valence-corrected chi connectivity index (χ1v) is 8.05. The van der Waals surface area contributed by atoms with E-state index in [1.165, 1.54) is 11.3 Å². The van der Waals surface area contributed by atoms with Crippen molar-refractivity contribution in [2.24, 2.45) is 0 Å². The Morgan fingerprint density at radius 2 is 1.70 bits per heavy atom. The standard InChI is InChI=1S/C16H18N2O4S/c1-4-21-14(19)11-6-8-12(9-7-11)18-16-17-10(3)13(23-16)15(20)22-5-2/h6-9H,4-5H2,1-3H3,(H,17,18). The number of rotatable bonds is 6. The van der Waals surface area contributed by atoms with Gasteiger partial charge in [-0.1, -0.05) is 11.3 Å². The van der Waals surface area contributed by atoms with Gasteiger partial charge in [-0.3, -0.25) is 0 Å². The van der Waals surface area contributed by atoms with Gasteiger partial charge in [-0.2, -0.15) is 0 Å². The number of hydrogen-bond donors (Lipinski definition) is 1. The van der Waals surface area contributed by atoms with E-state index in [-0.39, 0.29) is 11.9 Å². The highest BCUT2D eigenvalue weighted by atomic mass is 32.1. The van der Waals surface area contributed by atoms with Gasteiger partial charge in [0.15, 0.2) is 5.13 Å². The molecule has 6 nitrogen and oxygen atoms in total. The van der Waals surface area contributed by atoms with Gasteiger partial charge < -0.3 is 14.8 Å². The molecule has 0 fully saturated rings. The second kappa shape index (κ2) is 7.73. The molecule has 0 aliphatic heterocycles. The van der Waals surface area contributed by atoms with Crippen LogP contribution in [0.25, 0.3) is 0 Å². The van der Waals surface area contributed by atoms with Crippen molar-refractivity contribution >= 4 is 34.1 Å². The molecule has 0 aliphatic rings. The Kier molecular flexibility index (Phi) is 5.70. The van der Waals surface area contributed by atoms with Crippen LogP contribution in [0.15, 0.2) is 24.3 Å². The van der Waals surface area contributed by atoms with E-state index >= 15 is 0 Å². The first-order valence-electron chi connectivity index (χ1n) is 7.23. The Balaban J connectivity index is 2.09. The van der Waals surface area contributed by atoms with E-state index in [2.05, 4.69) is 10.3 Å². The van der Waals surface area contributed by atoms with Gasteiger partial charge in [-0.05, 0) is 45.0 Å². The molecule has 0 aliphatic carbocycles. The predicted molar refractivity (Wildman–Crippen MR) is 88.5 cm³/mol. The molecule has 1 N–H and O–H groups in total. The maximum atomic E-state index is 11.8. The van der Waals surface area contributed by atoms with Crippen LogP contribution in [-0.4, -0.2) is 30.1 Å². The molecule has 2 rings (SSSR count). The molecular formula is C16H18N2O4S. The van der Waals surface area contributed by atoms with Gasteiger partial charge in [0.05, 0.1) is 24.5 Å². The number of nitrogens with zero attached hydrogens (tertiary/aromatic N) is 1. The van der Waals surface area contributed by atoms with Gasteiger partial charge in [0.1, 0.15) is 4.88 Å². The number of benzene rings is 1. The van der Waals surface area contributed by atoms with Crippen LogP contribution in [0.3, 0.4) is 0 Å². The third-order valence-electron chi connectivity index (χ3n) is 2.90. The summed E-state index contributed by atoms with van der Waals surface area (Å²) in [7, 11) is 0. The third-order valence-corrected chi connectivity index (χ3v) is 3.96. The molecule has 0 unspecified atom stereocenters. The zero-order valence-electron chi connectivity index (χ0n) is 13.2. The molecule has 1 heterocycles. The SMILES string of the molecule is CCOC(=O)c1ccc(Nc2nc(C)c(C(=O)OCC)s2)cc1. The molecule has 1 aromatic heterocycles. The monoisotopic (exact) mass is 334 g/mol. The summed E-state index contributed by atoms with van der Waals surface area (Å²) in [5.74, 6) is -0.720. The van der Waals surface area contributed by atoms with Crippen LogP contribution >= 0.6 is 11.3 Å². The Hall–Kier alpha value is -2.41. The molecular weight excluding hydrogens is 316 g/mol. The molecule has 0 spiro atoms. The number of ether oxygens (including phenoxy) is 2. The highest BCUT2D eigenvalue weighted by Crippen LogP contribution is 2.26. The topological polar surface area (TPSA) is 77.5 Å². The van der Waals surface area contributed by atoms with E-state index in [4.69, 9.17) is 9.47 Å². The summed E-state index contributed by atoms with van der Waals surface area (Å²) in [6, 6.07) is 6.86. The van der Waals surface area contributed by atoms with Crippen molar-refractivity contribution < 1.29 is 19.1 Å². The van der Waals surface area contributed by atoms with Crippen LogP contribution < -0.4 is 5.32 Å². The number of esters is 2. The fourth-order valence-electron chi connectivity index (χ4n) is 1.86. The van der Waals surface area contributed by atoms with Gasteiger partial charge in [0.25, 0.3) is 0 Å². The van der Waals surface area contributed by atoms with Gasteiger partial charge >= 0.3 is 11.9 Å². The predicted octanol–water partition coefficient (Wildman–Crippen LogP) is 3.55. The average molecular weight is 334 g/mol. The molecule has 0 saturated carbocycles. The molecule has 23 heavy (non-hydrogen) atoms. The minimum atomic E-state index is -0.367. The van der Waals surface area contributed by atoms with Crippen molar-refractivity contribution in [1.82, 2.24) is 4.98 Å². The van der Waals surface area contributed by atoms with Crippen molar-refractivity contribution in [3.05, 3.63) is 40.4 Å². The van der Waals surface area contributed by atoms with E-state index in [0.29, 0.717) is 34.5 Å². The second-order valence-corrected chi connectivity index (χ2v) is 5.58. The van der Waals surface area contributed by atoms with Crippen molar-refractivity contribution in [3.8, 4) is 0 Å². The van der Waals surface area contributed by atoms with Crippen molar-refractivity contribution in [2.75, 3.05) is 18.5 Å². The van der Waals surface area contributed by atoms with Crippen LogP contribution in [0.2, 0.25) is 0 Å².